The van der Waals surface area contributed by atoms with Crippen molar-refractivity contribution in [2.75, 3.05) is 13.1 Å². The van der Waals surface area contributed by atoms with Crippen LogP contribution in [0.5, 0.6) is 0 Å². The molecule has 2 atom stereocenters. The van der Waals surface area contributed by atoms with E-state index in [1.165, 1.54) is 11.1 Å². The molecule has 1 saturated heterocycles. The first kappa shape index (κ1) is 16.7. The fraction of sp³-hybridized carbons (Fsp3) is 0.526. The number of aromatic amines is 1. The van der Waals surface area contributed by atoms with E-state index in [4.69, 9.17) is 0 Å². The van der Waals surface area contributed by atoms with Gasteiger partial charge in [0.05, 0.1) is 5.69 Å². The highest BCUT2D eigenvalue weighted by Crippen LogP contribution is 2.29. The molecule has 1 N–H and O–H groups in total. The lowest BCUT2D eigenvalue weighted by atomic mass is 9.90. The zero-order valence-corrected chi connectivity index (χ0v) is 14.7. The number of aromatic nitrogens is 3. The second-order valence-electron chi connectivity index (χ2n) is 6.91. The second-order valence-corrected chi connectivity index (χ2v) is 6.91. The Bertz CT molecular complexity index is 675. The highest BCUT2D eigenvalue weighted by molar-refractivity contribution is 5.77. The third kappa shape index (κ3) is 3.50. The van der Waals surface area contributed by atoms with E-state index in [1.807, 2.05) is 31.1 Å². The van der Waals surface area contributed by atoms with Crippen LogP contribution in [0.1, 0.15) is 60.5 Å². The van der Waals surface area contributed by atoms with Crippen molar-refractivity contribution in [3.63, 3.8) is 0 Å². The lowest BCUT2D eigenvalue weighted by Gasteiger charge is -2.33. The van der Waals surface area contributed by atoms with Gasteiger partial charge in [0.25, 0.3) is 0 Å². The Morgan fingerprint density at radius 1 is 1.38 bits per heavy atom. The number of aryl methyl sites for hydroxylation is 2. The molecule has 2 unspecified atom stereocenters. The molecule has 1 aliphatic rings. The van der Waals surface area contributed by atoms with Gasteiger partial charge in [-0.3, -0.25) is 14.9 Å². The zero-order valence-electron chi connectivity index (χ0n) is 14.7. The number of nitrogens with zero attached hydrogens (tertiary/aromatic N) is 3. The summed E-state index contributed by atoms with van der Waals surface area (Å²) in [6.07, 6.45) is 6.43. The average Bonchev–Trinajstić information content (AvgIpc) is 2.94. The number of H-pyrrole nitrogens is 1. The van der Waals surface area contributed by atoms with E-state index in [0.717, 1.165) is 37.3 Å². The fourth-order valence-corrected chi connectivity index (χ4v) is 3.89. The van der Waals surface area contributed by atoms with Crippen molar-refractivity contribution in [3.05, 3.63) is 47.0 Å². The van der Waals surface area contributed by atoms with Crippen LogP contribution in [0.15, 0.2) is 24.5 Å². The Kier molecular flexibility index (Phi) is 4.97. The van der Waals surface area contributed by atoms with Crippen molar-refractivity contribution < 1.29 is 4.79 Å². The van der Waals surface area contributed by atoms with Gasteiger partial charge in [-0.15, -0.1) is 0 Å². The molecule has 128 valence electrons. The van der Waals surface area contributed by atoms with Gasteiger partial charge in [-0.1, -0.05) is 6.92 Å². The number of nitrogens with one attached hydrogen (secondary N) is 1. The number of hydrogen-bond donors (Lipinski definition) is 1. The number of carbonyl (C=O) groups excluding carboxylic acids is 1. The van der Waals surface area contributed by atoms with E-state index < -0.39 is 0 Å². The Morgan fingerprint density at radius 3 is 2.79 bits per heavy atom. The van der Waals surface area contributed by atoms with Gasteiger partial charge in [-0.05, 0) is 55.9 Å². The first-order valence-electron chi connectivity index (χ1n) is 8.75. The van der Waals surface area contributed by atoms with Crippen LogP contribution in [0.4, 0.5) is 0 Å². The first-order valence-corrected chi connectivity index (χ1v) is 8.75. The van der Waals surface area contributed by atoms with Crippen molar-refractivity contribution in [2.45, 2.75) is 51.9 Å². The summed E-state index contributed by atoms with van der Waals surface area (Å²) in [4.78, 5) is 18.9. The molecule has 2 aromatic heterocycles. The number of rotatable bonds is 4. The molecular weight excluding hydrogens is 300 g/mol. The van der Waals surface area contributed by atoms with Gasteiger partial charge in [-0.25, -0.2) is 0 Å². The van der Waals surface area contributed by atoms with Crippen molar-refractivity contribution in [2.24, 2.45) is 0 Å². The smallest absolute Gasteiger partial charge is 0.223 e. The lowest BCUT2D eigenvalue weighted by Crippen LogP contribution is -2.39. The van der Waals surface area contributed by atoms with Crippen molar-refractivity contribution in [1.29, 1.82) is 0 Å². The minimum atomic E-state index is 0.192. The normalized spacial score (nSPS) is 19.3. The monoisotopic (exact) mass is 326 g/mol. The molecule has 3 heterocycles. The minimum Gasteiger partial charge on any atom is -0.342 e. The third-order valence-corrected chi connectivity index (χ3v) is 5.11. The van der Waals surface area contributed by atoms with Gasteiger partial charge in [0.15, 0.2) is 0 Å². The number of carbonyl (C=O) groups is 1. The molecule has 2 aromatic rings. The van der Waals surface area contributed by atoms with Crippen molar-refractivity contribution in [1.82, 2.24) is 20.1 Å². The summed E-state index contributed by atoms with van der Waals surface area (Å²) >= 11 is 0. The van der Waals surface area contributed by atoms with Crippen LogP contribution in [0.2, 0.25) is 0 Å². The standard InChI is InChI=1S/C19H26N4O/c1-13(19-14(2)21-22-15(19)3)11-18(24)23-10-4-5-17(12-23)16-6-8-20-9-7-16/h6-9,13,17H,4-5,10-12H2,1-3H3,(H,21,22). The molecule has 0 spiro atoms. The predicted octanol–water partition coefficient (Wildman–Crippen LogP) is 3.32. The molecule has 5 nitrogen and oxygen atoms in total. The van der Waals surface area contributed by atoms with Crippen molar-refractivity contribution >= 4 is 5.91 Å². The molecule has 3 rings (SSSR count). The Morgan fingerprint density at radius 2 is 2.12 bits per heavy atom. The zero-order chi connectivity index (χ0) is 17.1. The lowest BCUT2D eigenvalue weighted by molar-refractivity contribution is -0.132. The number of piperidine rings is 1. The first-order chi connectivity index (χ1) is 11.6. The average molecular weight is 326 g/mol. The van der Waals surface area contributed by atoms with E-state index in [-0.39, 0.29) is 11.8 Å². The second kappa shape index (κ2) is 7.16. The molecule has 0 radical (unpaired) electrons. The molecular formula is C19H26N4O. The Balaban J connectivity index is 1.64. The molecule has 1 amide bonds. The summed E-state index contributed by atoms with van der Waals surface area (Å²) < 4.78 is 0. The maximum absolute atomic E-state index is 12.8. The van der Waals surface area contributed by atoms with Crippen LogP contribution in [0, 0.1) is 13.8 Å². The maximum Gasteiger partial charge on any atom is 0.223 e. The summed E-state index contributed by atoms with van der Waals surface area (Å²) in [6, 6.07) is 4.14. The molecule has 1 aliphatic heterocycles. The van der Waals surface area contributed by atoms with E-state index in [1.54, 1.807) is 0 Å². The van der Waals surface area contributed by atoms with Gasteiger partial charge in [0.1, 0.15) is 0 Å². The minimum absolute atomic E-state index is 0.192. The van der Waals surface area contributed by atoms with Gasteiger partial charge in [-0.2, -0.15) is 5.10 Å². The van der Waals surface area contributed by atoms with Gasteiger partial charge in [0.2, 0.25) is 5.91 Å². The molecule has 1 fully saturated rings. The van der Waals surface area contributed by atoms with Crippen LogP contribution in [0.25, 0.3) is 0 Å². The van der Waals surface area contributed by atoms with E-state index in [2.05, 4.69) is 34.2 Å². The molecule has 0 saturated carbocycles. The quantitative estimate of drug-likeness (QED) is 0.937. The Hall–Kier alpha value is -2.17. The number of likely N-dealkylation sites (tertiary alicyclic amines) is 1. The summed E-state index contributed by atoms with van der Waals surface area (Å²) in [5, 5.41) is 7.27. The van der Waals surface area contributed by atoms with E-state index in [0.29, 0.717) is 12.3 Å². The van der Waals surface area contributed by atoms with Gasteiger partial charge in [0, 0.05) is 43.5 Å². The molecule has 24 heavy (non-hydrogen) atoms. The predicted molar refractivity (Wildman–Crippen MR) is 93.9 cm³/mol. The largest absolute Gasteiger partial charge is 0.342 e. The van der Waals surface area contributed by atoms with E-state index in [9.17, 15) is 4.79 Å². The summed E-state index contributed by atoms with van der Waals surface area (Å²) in [6.45, 7) is 7.83. The Labute approximate surface area is 143 Å². The van der Waals surface area contributed by atoms with Gasteiger partial charge < -0.3 is 4.90 Å². The van der Waals surface area contributed by atoms with E-state index >= 15 is 0 Å². The number of pyridine rings is 1. The topological polar surface area (TPSA) is 61.9 Å². The van der Waals surface area contributed by atoms with Crippen LogP contribution in [-0.4, -0.2) is 39.1 Å². The molecule has 5 heteroatoms. The third-order valence-electron chi connectivity index (χ3n) is 5.11. The summed E-state index contributed by atoms with van der Waals surface area (Å²) in [7, 11) is 0. The maximum atomic E-state index is 12.8. The molecule has 0 aromatic carbocycles. The molecule has 0 bridgehead atoms. The number of hydrogen-bond acceptors (Lipinski definition) is 3. The van der Waals surface area contributed by atoms with Crippen molar-refractivity contribution in [3.8, 4) is 0 Å². The summed E-state index contributed by atoms with van der Waals surface area (Å²) in [5.74, 6) is 0.872. The van der Waals surface area contributed by atoms with Crippen LogP contribution in [0.3, 0.4) is 0 Å². The fourth-order valence-electron chi connectivity index (χ4n) is 3.89. The molecule has 0 aliphatic carbocycles. The van der Waals surface area contributed by atoms with Crippen LogP contribution in [-0.2, 0) is 4.79 Å². The SMILES string of the molecule is Cc1n[nH]c(C)c1C(C)CC(=O)N1CCCC(c2ccncc2)C1. The summed E-state index contributed by atoms with van der Waals surface area (Å²) in [5.41, 5.74) is 4.55. The highest BCUT2D eigenvalue weighted by Gasteiger charge is 2.26. The number of amides is 1. The highest BCUT2D eigenvalue weighted by atomic mass is 16.2. The van der Waals surface area contributed by atoms with Gasteiger partial charge >= 0.3 is 0 Å². The van der Waals surface area contributed by atoms with Crippen LogP contribution < -0.4 is 0 Å². The van der Waals surface area contributed by atoms with Crippen LogP contribution >= 0.6 is 0 Å².